The van der Waals surface area contributed by atoms with Gasteiger partial charge in [-0.25, -0.2) is 10.7 Å². The lowest BCUT2D eigenvalue weighted by molar-refractivity contribution is -0.196. The highest BCUT2D eigenvalue weighted by atomic mass is 16.7. The molecule has 9 heteroatoms. The molecule has 1 aromatic rings. The smallest absolute Gasteiger partial charge is 0.344 e. The van der Waals surface area contributed by atoms with Crippen molar-refractivity contribution in [2.45, 2.75) is 70.2 Å². The van der Waals surface area contributed by atoms with Crippen LogP contribution >= 0.6 is 0 Å². The van der Waals surface area contributed by atoms with Gasteiger partial charge in [-0.15, -0.1) is 0 Å². The fourth-order valence-electron chi connectivity index (χ4n) is 3.88. The van der Waals surface area contributed by atoms with Crippen LogP contribution in [0.25, 0.3) is 0 Å². The van der Waals surface area contributed by atoms with Crippen molar-refractivity contribution < 1.29 is 19.1 Å². The Hall–Kier alpha value is -2.36. The summed E-state index contributed by atoms with van der Waals surface area (Å²) in [5.74, 6) is 6.88. The van der Waals surface area contributed by atoms with Crippen LogP contribution in [0.1, 0.15) is 57.6 Å². The molecule has 0 aromatic heterocycles. The number of aliphatic imine (C=N–C) groups is 1. The van der Waals surface area contributed by atoms with Gasteiger partial charge in [0.15, 0.2) is 5.96 Å². The first kappa shape index (κ1) is 24.3. The Morgan fingerprint density at radius 2 is 2.12 bits per heavy atom. The quantitative estimate of drug-likeness (QED) is 0.280. The maximum Gasteiger partial charge on any atom is 0.344 e. The number of esters is 1. The molecule has 6 N–H and O–H groups in total. The van der Waals surface area contributed by atoms with Gasteiger partial charge in [-0.1, -0.05) is 12.1 Å². The Bertz CT molecular complexity index is 838. The normalized spacial score (nSPS) is 22.5. The summed E-state index contributed by atoms with van der Waals surface area (Å²) in [7, 11) is 0. The first-order valence-electron chi connectivity index (χ1n) is 11.3. The highest BCUT2D eigenvalue weighted by Crippen LogP contribution is 2.36. The molecule has 1 aromatic carbocycles. The maximum absolute atomic E-state index is 12.8. The molecule has 9 nitrogen and oxygen atoms in total. The largest absolute Gasteiger partial charge is 0.486 e. The molecule has 0 amide bonds. The molecule has 32 heavy (non-hydrogen) atoms. The number of nitrogens with one attached hydrogen (secondary N) is 2. The van der Waals surface area contributed by atoms with E-state index >= 15 is 0 Å². The number of carbonyl (C=O) groups excluding carboxylic acids is 1. The molecular formula is C23H37N5O4. The Balaban J connectivity index is 1.66. The number of aryl methyl sites for hydroxylation is 1. The summed E-state index contributed by atoms with van der Waals surface area (Å²) < 4.78 is 11.7. The predicted molar refractivity (Wildman–Crippen MR) is 123 cm³/mol. The van der Waals surface area contributed by atoms with Crippen LogP contribution in [0.2, 0.25) is 0 Å². The summed E-state index contributed by atoms with van der Waals surface area (Å²) in [5.41, 5.74) is 5.82. The highest BCUT2D eigenvalue weighted by Gasteiger charge is 2.48. The lowest BCUT2D eigenvalue weighted by atomic mass is 9.88. The van der Waals surface area contributed by atoms with Crippen molar-refractivity contribution in [2.24, 2.45) is 16.6 Å². The average Bonchev–Trinajstić information content (AvgIpc) is 2.77. The Kier molecular flexibility index (Phi) is 7.63. The van der Waals surface area contributed by atoms with Gasteiger partial charge >= 0.3 is 5.97 Å². The number of ether oxygens (including phenoxy) is 2. The Labute approximate surface area is 190 Å². The van der Waals surface area contributed by atoms with Gasteiger partial charge in [0.1, 0.15) is 17.5 Å². The summed E-state index contributed by atoms with van der Waals surface area (Å²) in [6.45, 7) is 10.1. The Morgan fingerprint density at radius 1 is 1.34 bits per heavy atom. The van der Waals surface area contributed by atoms with E-state index in [1.165, 1.54) is 5.56 Å². The van der Waals surface area contributed by atoms with Crippen molar-refractivity contribution in [2.75, 3.05) is 26.2 Å². The number of hydrogen-bond acceptors (Lipinski definition) is 9. The van der Waals surface area contributed by atoms with Crippen LogP contribution in [0.4, 0.5) is 0 Å². The van der Waals surface area contributed by atoms with E-state index in [0.717, 1.165) is 49.7 Å². The molecule has 2 aliphatic rings. The minimum atomic E-state index is -1.39. The van der Waals surface area contributed by atoms with Crippen molar-refractivity contribution >= 4 is 11.9 Å². The summed E-state index contributed by atoms with van der Waals surface area (Å²) in [6.07, 6.45) is 1.73. The summed E-state index contributed by atoms with van der Waals surface area (Å²) >= 11 is 0. The second-order valence-corrected chi connectivity index (χ2v) is 9.58. The number of fused-ring (bicyclic) bond motifs is 1. The first-order valence-corrected chi connectivity index (χ1v) is 11.3. The number of hydrogen-bond donors (Lipinski definition) is 4. The molecule has 0 radical (unpaired) electrons. The minimum absolute atomic E-state index is 0.289. The summed E-state index contributed by atoms with van der Waals surface area (Å²) in [5, 5.41) is 6.63. The molecule has 0 spiro atoms. The fourth-order valence-corrected chi connectivity index (χ4v) is 3.88. The van der Waals surface area contributed by atoms with Crippen molar-refractivity contribution in [3.05, 3.63) is 29.3 Å². The highest BCUT2D eigenvalue weighted by molar-refractivity contribution is 5.81. The van der Waals surface area contributed by atoms with E-state index in [1.54, 1.807) is 6.92 Å². The van der Waals surface area contributed by atoms with Gasteiger partial charge in [-0.05, 0) is 70.7 Å². The number of carbonyl (C=O) groups is 1. The van der Waals surface area contributed by atoms with Gasteiger partial charge in [0.2, 0.25) is 5.60 Å². The molecule has 2 unspecified atom stereocenters. The van der Waals surface area contributed by atoms with Crippen molar-refractivity contribution in [3.8, 4) is 5.75 Å². The lowest BCUT2D eigenvalue weighted by Crippen LogP contribution is -2.56. The molecule has 0 saturated heterocycles. The number of benzene rings is 1. The molecule has 0 aliphatic carbocycles. The summed E-state index contributed by atoms with van der Waals surface area (Å²) in [6, 6.07) is 6.19. The molecule has 3 atom stereocenters. The third-order valence-electron chi connectivity index (χ3n) is 5.82. The molecule has 0 bridgehead atoms. The second-order valence-electron chi connectivity index (χ2n) is 9.58. The lowest BCUT2D eigenvalue weighted by Gasteiger charge is -2.38. The Morgan fingerprint density at radius 3 is 2.75 bits per heavy atom. The number of nitrogens with zero attached hydrogens (tertiary/aromatic N) is 1. The van der Waals surface area contributed by atoms with Crippen LogP contribution in [0.3, 0.4) is 0 Å². The average molecular weight is 448 g/mol. The minimum Gasteiger partial charge on any atom is -0.486 e. The molecule has 2 aliphatic heterocycles. The van der Waals surface area contributed by atoms with Gasteiger partial charge < -0.3 is 25.8 Å². The van der Waals surface area contributed by atoms with E-state index in [-0.39, 0.29) is 5.92 Å². The standard InChI is InChI=1S/C23H37N5O4/c1-22(2,3)31-20(29)23(4,32-25)19-9-7-16-12-15(6-8-18(16)30-19)17-13-27-21(28-14-17)26-11-5-10-24/h6,8,12,17,19H,5,7,9-11,13-14,24-25H2,1-4H3,(H2,26,27,28)/t19-,23?/m1/s1. The van der Waals surface area contributed by atoms with E-state index in [1.807, 2.05) is 26.8 Å². The van der Waals surface area contributed by atoms with Gasteiger partial charge in [0.05, 0.1) is 6.54 Å². The van der Waals surface area contributed by atoms with E-state index < -0.39 is 23.3 Å². The molecule has 2 heterocycles. The van der Waals surface area contributed by atoms with Crippen molar-refractivity contribution in [3.63, 3.8) is 0 Å². The predicted octanol–water partition coefficient (Wildman–Crippen LogP) is 1.35. The molecule has 0 fully saturated rings. The van der Waals surface area contributed by atoms with Crippen LogP contribution in [0, 0.1) is 0 Å². The fraction of sp³-hybridized carbons (Fsp3) is 0.652. The van der Waals surface area contributed by atoms with Crippen LogP contribution in [0.15, 0.2) is 23.2 Å². The molecule has 3 rings (SSSR count). The zero-order valence-corrected chi connectivity index (χ0v) is 19.6. The zero-order chi connectivity index (χ0) is 23.4. The van der Waals surface area contributed by atoms with Gasteiger partial charge in [0, 0.05) is 19.0 Å². The number of guanidine groups is 1. The van der Waals surface area contributed by atoms with Crippen LogP contribution in [-0.4, -0.2) is 55.4 Å². The monoisotopic (exact) mass is 447 g/mol. The van der Waals surface area contributed by atoms with Crippen LogP contribution < -0.4 is 27.0 Å². The van der Waals surface area contributed by atoms with E-state index in [0.29, 0.717) is 13.0 Å². The maximum atomic E-state index is 12.8. The van der Waals surface area contributed by atoms with E-state index in [2.05, 4.69) is 27.8 Å². The van der Waals surface area contributed by atoms with Gasteiger partial charge in [-0.2, -0.15) is 0 Å². The first-order chi connectivity index (χ1) is 15.2. The zero-order valence-electron chi connectivity index (χ0n) is 19.6. The van der Waals surface area contributed by atoms with E-state index in [4.69, 9.17) is 25.9 Å². The van der Waals surface area contributed by atoms with Gasteiger partial charge in [0.25, 0.3) is 0 Å². The number of nitrogens with two attached hydrogens (primary N) is 2. The van der Waals surface area contributed by atoms with Crippen LogP contribution in [-0.2, 0) is 20.8 Å². The van der Waals surface area contributed by atoms with E-state index in [9.17, 15) is 4.79 Å². The second kappa shape index (κ2) is 10.1. The number of rotatable bonds is 7. The van der Waals surface area contributed by atoms with Crippen molar-refractivity contribution in [1.82, 2.24) is 10.6 Å². The van der Waals surface area contributed by atoms with Crippen LogP contribution in [0.5, 0.6) is 5.75 Å². The third kappa shape index (κ3) is 5.70. The van der Waals surface area contributed by atoms with Crippen molar-refractivity contribution in [1.29, 1.82) is 0 Å². The third-order valence-corrected chi connectivity index (χ3v) is 5.82. The SMILES string of the molecule is CC(C)(C)OC(=O)C(C)(ON)[C@H]1CCc2cc(C3CN=C(NCCCN)NC3)ccc2O1. The molecular weight excluding hydrogens is 410 g/mol. The molecule has 0 saturated carbocycles. The molecule has 178 valence electrons. The topological polar surface area (TPSA) is 133 Å². The summed E-state index contributed by atoms with van der Waals surface area (Å²) in [4.78, 5) is 22.5. The van der Waals surface area contributed by atoms with Gasteiger partial charge in [-0.3, -0.25) is 9.83 Å².